The van der Waals surface area contributed by atoms with Gasteiger partial charge in [-0.3, -0.25) is 0 Å². The molecule has 1 N–H and O–H groups in total. The molecular weight excluding hydrogens is 176 g/mol. The highest BCUT2D eigenvalue weighted by Gasteiger charge is 2.16. The summed E-state index contributed by atoms with van der Waals surface area (Å²) >= 11 is 0. The molecule has 3 heteroatoms. The summed E-state index contributed by atoms with van der Waals surface area (Å²) in [6.07, 6.45) is 4.87. The van der Waals surface area contributed by atoms with Gasteiger partial charge in [0.25, 0.3) is 0 Å². The van der Waals surface area contributed by atoms with Crippen LogP contribution < -0.4 is 5.32 Å². The fourth-order valence-electron chi connectivity index (χ4n) is 2.07. The molecule has 0 amide bonds. The van der Waals surface area contributed by atoms with Crippen LogP contribution in [0.25, 0.3) is 0 Å². The monoisotopic (exact) mass is 194 g/mol. The smallest absolute Gasteiger partial charge is 0.0947 e. The fraction of sp³-hybridized carbons (Fsp3) is 0.636. The van der Waals surface area contributed by atoms with Crippen molar-refractivity contribution in [3.8, 4) is 0 Å². The molecule has 1 aromatic heterocycles. The Balaban J connectivity index is 1.75. The lowest BCUT2D eigenvalue weighted by Crippen LogP contribution is -2.26. The summed E-state index contributed by atoms with van der Waals surface area (Å²) in [4.78, 5) is 2.36. The first-order chi connectivity index (χ1) is 6.84. The summed E-state index contributed by atoms with van der Waals surface area (Å²) in [6, 6.07) is 2.03. The number of nitrogens with one attached hydrogen (secondary N) is 1. The molecule has 14 heavy (non-hydrogen) atoms. The number of rotatable bonds is 4. The van der Waals surface area contributed by atoms with Gasteiger partial charge in [0, 0.05) is 18.7 Å². The maximum Gasteiger partial charge on any atom is 0.0947 e. The van der Waals surface area contributed by atoms with Gasteiger partial charge in [-0.05, 0) is 38.5 Å². The first-order valence-corrected chi connectivity index (χ1v) is 5.25. The van der Waals surface area contributed by atoms with E-state index in [0.717, 1.165) is 12.5 Å². The molecule has 2 heterocycles. The lowest BCUT2D eigenvalue weighted by molar-refractivity contribution is 0.277. The van der Waals surface area contributed by atoms with Crippen molar-refractivity contribution >= 4 is 0 Å². The van der Waals surface area contributed by atoms with Crippen LogP contribution in [0.15, 0.2) is 23.0 Å². The van der Waals surface area contributed by atoms with Crippen LogP contribution in [-0.2, 0) is 6.54 Å². The van der Waals surface area contributed by atoms with E-state index in [9.17, 15) is 0 Å². The minimum atomic E-state index is 0.826. The van der Waals surface area contributed by atoms with Crippen molar-refractivity contribution < 1.29 is 4.42 Å². The second-order valence-electron chi connectivity index (χ2n) is 4.19. The molecule has 1 atom stereocenters. The van der Waals surface area contributed by atoms with Crippen LogP contribution >= 0.6 is 0 Å². The molecule has 0 saturated carbocycles. The summed E-state index contributed by atoms with van der Waals surface area (Å²) in [5.41, 5.74) is 1.26. The third-order valence-corrected chi connectivity index (χ3v) is 2.76. The first kappa shape index (κ1) is 9.74. The van der Waals surface area contributed by atoms with Crippen LogP contribution in [0.5, 0.6) is 0 Å². The van der Waals surface area contributed by atoms with Gasteiger partial charge in [-0.1, -0.05) is 0 Å². The third kappa shape index (κ3) is 2.59. The average Bonchev–Trinajstić information content (AvgIpc) is 2.76. The first-order valence-electron chi connectivity index (χ1n) is 5.25. The average molecular weight is 194 g/mol. The summed E-state index contributed by atoms with van der Waals surface area (Å²) in [5.74, 6) is 0.826. The van der Waals surface area contributed by atoms with Gasteiger partial charge in [0.2, 0.25) is 0 Å². The number of hydrogen-bond donors (Lipinski definition) is 1. The molecule has 3 nitrogen and oxygen atoms in total. The Morgan fingerprint density at radius 2 is 2.57 bits per heavy atom. The fourth-order valence-corrected chi connectivity index (χ4v) is 2.07. The van der Waals surface area contributed by atoms with Crippen LogP contribution in [0, 0.1) is 5.92 Å². The Labute approximate surface area is 85.1 Å². The van der Waals surface area contributed by atoms with Crippen LogP contribution in [0.4, 0.5) is 0 Å². The van der Waals surface area contributed by atoms with E-state index < -0.39 is 0 Å². The predicted octanol–water partition coefficient (Wildman–Crippen LogP) is 1.32. The van der Waals surface area contributed by atoms with E-state index in [1.807, 2.05) is 12.3 Å². The SMILES string of the molecule is CN(Cc1ccoc1)CC1CCNC1. The van der Waals surface area contributed by atoms with E-state index in [4.69, 9.17) is 4.42 Å². The number of hydrogen-bond acceptors (Lipinski definition) is 3. The molecule has 0 aromatic carbocycles. The van der Waals surface area contributed by atoms with Gasteiger partial charge in [-0.15, -0.1) is 0 Å². The molecule has 1 saturated heterocycles. The Morgan fingerprint density at radius 1 is 1.64 bits per heavy atom. The Hall–Kier alpha value is -0.800. The van der Waals surface area contributed by atoms with E-state index in [2.05, 4.69) is 17.3 Å². The van der Waals surface area contributed by atoms with Gasteiger partial charge in [0.1, 0.15) is 0 Å². The molecule has 0 bridgehead atoms. The summed E-state index contributed by atoms with van der Waals surface area (Å²) < 4.78 is 5.05. The normalized spacial score (nSPS) is 22.0. The van der Waals surface area contributed by atoms with Crippen molar-refractivity contribution in [1.29, 1.82) is 0 Å². The Morgan fingerprint density at radius 3 is 3.21 bits per heavy atom. The van der Waals surface area contributed by atoms with E-state index in [1.54, 1.807) is 6.26 Å². The van der Waals surface area contributed by atoms with Crippen molar-refractivity contribution in [1.82, 2.24) is 10.2 Å². The maximum absolute atomic E-state index is 5.05. The minimum absolute atomic E-state index is 0.826. The molecular formula is C11H18N2O. The quantitative estimate of drug-likeness (QED) is 0.783. The highest BCUT2D eigenvalue weighted by molar-refractivity contribution is 5.04. The van der Waals surface area contributed by atoms with E-state index in [1.165, 1.54) is 31.6 Å². The lowest BCUT2D eigenvalue weighted by Gasteiger charge is -2.19. The zero-order valence-corrected chi connectivity index (χ0v) is 8.70. The summed E-state index contributed by atoms with van der Waals surface area (Å²) in [7, 11) is 2.17. The van der Waals surface area contributed by atoms with Crippen molar-refractivity contribution in [2.24, 2.45) is 5.92 Å². The van der Waals surface area contributed by atoms with Crippen LogP contribution in [0.2, 0.25) is 0 Å². The maximum atomic E-state index is 5.05. The number of furan rings is 1. The van der Waals surface area contributed by atoms with E-state index in [0.29, 0.717) is 0 Å². The van der Waals surface area contributed by atoms with Crippen LogP contribution in [0.1, 0.15) is 12.0 Å². The highest BCUT2D eigenvalue weighted by Crippen LogP contribution is 2.11. The molecule has 78 valence electrons. The summed E-state index contributed by atoms with van der Waals surface area (Å²) in [6.45, 7) is 4.53. The van der Waals surface area contributed by atoms with Gasteiger partial charge in [0.05, 0.1) is 12.5 Å². The molecule has 0 aliphatic carbocycles. The Bertz CT molecular complexity index is 252. The van der Waals surface area contributed by atoms with Crippen LogP contribution in [0.3, 0.4) is 0 Å². The second-order valence-corrected chi connectivity index (χ2v) is 4.19. The lowest BCUT2D eigenvalue weighted by atomic mass is 10.1. The van der Waals surface area contributed by atoms with Gasteiger partial charge < -0.3 is 14.6 Å². The molecule has 0 spiro atoms. The van der Waals surface area contributed by atoms with E-state index >= 15 is 0 Å². The standard InChI is InChI=1S/C11H18N2O/c1-13(7-10-2-4-12-6-10)8-11-3-5-14-9-11/h3,5,9-10,12H,2,4,6-8H2,1H3. The molecule has 0 radical (unpaired) electrons. The van der Waals surface area contributed by atoms with Crippen molar-refractivity contribution in [2.75, 3.05) is 26.7 Å². The second kappa shape index (κ2) is 4.62. The van der Waals surface area contributed by atoms with E-state index in [-0.39, 0.29) is 0 Å². The van der Waals surface area contributed by atoms with Crippen LogP contribution in [-0.4, -0.2) is 31.6 Å². The molecule has 1 unspecified atom stereocenters. The van der Waals surface area contributed by atoms with Gasteiger partial charge in [0.15, 0.2) is 0 Å². The van der Waals surface area contributed by atoms with Crippen molar-refractivity contribution in [3.63, 3.8) is 0 Å². The molecule has 1 aliphatic rings. The van der Waals surface area contributed by atoms with Crippen molar-refractivity contribution in [3.05, 3.63) is 24.2 Å². The molecule has 1 aromatic rings. The summed E-state index contributed by atoms with van der Waals surface area (Å²) in [5, 5.41) is 3.39. The molecule has 2 rings (SSSR count). The third-order valence-electron chi connectivity index (χ3n) is 2.76. The zero-order valence-electron chi connectivity index (χ0n) is 8.70. The molecule has 1 aliphatic heterocycles. The highest BCUT2D eigenvalue weighted by atomic mass is 16.3. The zero-order chi connectivity index (χ0) is 9.80. The predicted molar refractivity (Wildman–Crippen MR) is 56.0 cm³/mol. The minimum Gasteiger partial charge on any atom is -0.472 e. The number of nitrogens with zero attached hydrogens (tertiary/aromatic N) is 1. The largest absolute Gasteiger partial charge is 0.472 e. The van der Waals surface area contributed by atoms with Gasteiger partial charge >= 0.3 is 0 Å². The van der Waals surface area contributed by atoms with Gasteiger partial charge in [-0.2, -0.15) is 0 Å². The molecule has 1 fully saturated rings. The van der Waals surface area contributed by atoms with Gasteiger partial charge in [-0.25, -0.2) is 0 Å². The Kier molecular flexibility index (Phi) is 3.22. The topological polar surface area (TPSA) is 28.4 Å². The van der Waals surface area contributed by atoms with Crippen molar-refractivity contribution in [2.45, 2.75) is 13.0 Å².